The molecule has 4 bridgehead atoms. The highest BCUT2D eigenvalue weighted by molar-refractivity contribution is 6.11. The number of furan rings is 1. The first-order chi connectivity index (χ1) is 26.2. The second kappa shape index (κ2) is 10.6. The van der Waals surface area contributed by atoms with E-state index in [2.05, 4.69) is 149 Å². The fraction of sp³-hybridized carbons (Fsp3) is 0.308. The van der Waals surface area contributed by atoms with Crippen molar-refractivity contribution in [2.24, 2.45) is 23.7 Å². The van der Waals surface area contributed by atoms with Gasteiger partial charge in [0.25, 0.3) is 0 Å². The summed E-state index contributed by atoms with van der Waals surface area (Å²) in [6.07, 6.45) is 6.98. The Bertz CT molecular complexity index is 2730. The summed E-state index contributed by atoms with van der Waals surface area (Å²) in [6, 6.07) is 42.5. The van der Waals surface area contributed by atoms with Crippen LogP contribution in [-0.4, -0.2) is 0 Å². The number of hydrogen-bond donors (Lipinski definition) is 0. The van der Waals surface area contributed by atoms with Gasteiger partial charge in [-0.2, -0.15) is 0 Å². The molecule has 0 atom stereocenters. The number of fused-ring (bicyclic) bond motifs is 9. The second-order valence-corrected chi connectivity index (χ2v) is 18.4. The van der Waals surface area contributed by atoms with Gasteiger partial charge in [0, 0.05) is 33.0 Å². The van der Waals surface area contributed by atoms with Crippen LogP contribution in [-0.2, 0) is 10.8 Å². The Balaban J connectivity index is 1.13. The van der Waals surface area contributed by atoms with E-state index in [0.29, 0.717) is 11.8 Å². The average molecular weight is 702 g/mol. The molecule has 7 aromatic rings. The predicted octanol–water partition coefficient (Wildman–Crippen LogP) is 14.0. The maximum Gasteiger partial charge on any atom is 0.159 e. The van der Waals surface area contributed by atoms with Crippen molar-refractivity contribution in [3.8, 4) is 22.3 Å². The molecule has 0 amide bonds. The molecule has 54 heavy (non-hydrogen) atoms. The lowest BCUT2D eigenvalue weighted by Crippen LogP contribution is -2.55. The van der Waals surface area contributed by atoms with Crippen LogP contribution in [0.15, 0.2) is 114 Å². The predicted molar refractivity (Wildman–Crippen MR) is 223 cm³/mol. The number of hydrogen-bond acceptors (Lipinski definition) is 2. The van der Waals surface area contributed by atoms with Crippen molar-refractivity contribution < 1.29 is 4.42 Å². The number of rotatable bonds is 3. The normalized spacial score (nSPS) is 25.0. The highest BCUT2D eigenvalue weighted by atomic mass is 16.3. The van der Waals surface area contributed by atoms with Crippen molar-refractivity contribution >= 4 is 39.0 Å². The molecule has 1 aromatic heterocycles. The van der Waals surface area contributed by atoms with Crippen LogP contribution in [0, 0.1) is 44.4 Å². The lowest BCUT2D eigenvalue weighted by molar-refractivity contribution is -0.0399. The van der Waals surface area contributed by atoms with Crippen molar-refractivity contribution in [2.45, 2.75) is 77.6 Å². The number of benzene rings is 6. The molecule has 4 fully saturated rings. The Hall–Kier alpha value is -5.08. The minimum atomic E-state index is -0.104. The standard InChI is InChI=1S/C52H47NO/c1-29-18-31(3)49-42(19-29)43-20-30(2)21-48(50(43)54-49)53(36-14-16-40-38-10-6-8-12-44(38)51(4,5)46(40)27-36)37-15-17-41-39-11-7-9-13-45(39)52(47(41)28-37)34-23-32-22-33(25-34)26-35(52)24-32/h6-21,27-28,32-35H,22-26H2,1-5H3. The van der Waals surface area contributed by atoms with Crippen molar-refractivity contribution in [3.05, 3.63) is 148 Å². The van der Waals surface area contributed by atoms with E-state index in [-0.39, 0.29) is 10.8 Å². The van der Waals surface area contributed by atoms with E-state index >= 15 is 0 Å². The molecule has 2 heteroatoms. The molecule has 1 spiro atoms. The zero-order valence-electron chi connectivity index (χ0n) is 32.1. The summed E-state index contributed by atoms with van der Waals surface area (Å²) in [6.45, 7) is 11.4. The van der Waals surface area contributed by atoms with Gasteiger partial charge in [0.2, 0.25) is 0 Å². The fourth-order valence-electron chi connectivity index (χ4n) is 13.2. The summed E-state index contributed by atoms with van der Waals surface area (Å²) in [7, 11) is 0. The first-order valence-electron chi connectivity index (χ1n) is 20.4. The van der Waals surface area contributed by atoms with Crippen LogP contribution in [0.5, 0.6) is 0 Å². The van der Waals surface area contributed by atoms with Crippen molar-refractivity contribution in [1.29, 1.82) is 0 Å². The van der Waals surface area contributed by atoms with Crippen molar-refractivity contribution in [3.63, 3.8) is 0 Å². The van der Waals surface area contributed by atoms with Crippen LogP contribution in [0.3, 0.4) is 0 Å². The molecule has 0 N–H and O–H groups in total. The Kier molecular flexibility index (Phi) is 6.12. The lowest BCUT2D eigenvalue weighted by Gasteiger charge is -2.61. The van der Waals surface area contributed by atoms with Gasteiger partial charge in [0.05, 0.1) is 5.69 Å². The molecule has 0 unspecified atom stereocenters. The van der Waals surface area contributed by atoms with Crippen LogP contribution in [0.4, 0.5) is 17.1 Å². The van der Waals surface area contributed by atoms with E-state index in [9.17, 15) is 0 Å². The van der Waals surface area contributed by atoms with Gasteiger partial charge in [-0.3, -0.25) is 0 Å². The molecule has 0 radical (unpaired) electrons. The zero-order valence-corrected chi connectivity index (χ0v) is 32.1. The van der Waals surface area contributed by atoms with Crippen LogP contribution in [0.2, 0.25) is 0 Å². The third-order valence-corrected chi connectivity index (χ3v) is 15.0. The third kappa shape index (κ3) is 3.92. The Labute approximate surface area is 318 Å². The maximum absolute atomic E-state index is 7.02. The summed E-state index contributed by atoms with van der Waals surface area (Å²) >= 11 is 0. The first-order valence-corrected chi connectivity index (χ1v) is 20.4. The van der Waals surface area contributed by atoms with Gasteiger partial charge in [-0.15, -0.1) is 0 Å². The Morgan fingerprint density at radius 2 is 1.06 bits per heavy atom. The molecule has 266 valence electrons. The van der Waals surface area contributed by atoms with Crippen LogP contribution in [0.1, 0.15) is 84.9 Å². The third-order valence-electron chi connectivity index (χ3n) is 15.0. The topological polar surface area (TPSA) is 16.4 Å². The van der Waals surface area contributed by atoms with Gasteiger partial charge in [-0.05, 0) is 180 Å². The van der Waals surface area contributed by atoms with Crippen LogP contribution >= 0.6 is 0 Å². The van der Waals surface area contributed by atoms with Gasteiger partial charge >= 0.3 is 0 Å². The highest BCUT2D eigenvalue weighted by Crippen LogP contribution is 2.69. The SMILES string of the molecule is Cc1cc(C)c2oc3c(N(c4ccc5c(c4)C(C)(C)c4ccccc4-5)c4ccc5c(c4)C4(c6ccccc6-5)C5CC6CC(C5)CC4C6)cc(C)cc3c2c1. The number of aryl methyl sites for hydroxylation is 3. The van der Waals surface area contributed by atoms with Gasteiger partial charge in [0.1, 0.15) is 5.58 Å². The summed E-state index contributed by atoms with van der Waals surface area (Å²) in [5.74, 6) is 3.25. The van der Waals surface area contributed by atoms with Gasteiger partial charge in [-0.1, -0.05) is 80.6 Å². The van der Waals surface area contributed by atoms with E-state index in [1.54, 1.807) is 11.1 Å². The van der Waals surface area contributed by atoms with E-state index in [1.807, 2.05) is 0 Å². The maximum atomic E-state index is 7.02. The van der Waals surface area contributed by atoms with Crippen LogP contribution in [0.25, 0.3) is 44.2 Å². The molecule has 0 saturated heterocycles. The summed E-state index contributed by atoms with van der Waals surface area (Å²) < 4.78 is 7.02. The molecule has 13 rings (SSSR count). The minimum Gasteiger partial charge on any atom is -0.454 e. The molecular formula is C52H47NO. The smallest absolute Gasteiger partial charge is 0.159 e. The summed E-state index contributed by atoms with van der Waals surface area (Å²) in [5.41, 5.74) is 20.8. The van der Waals surface area contributed by atoms with E-state index < -0.39 is 0 Å². The monoisotopic (exact) mass is 701 g/mol. The van der Waals surface area contributed by atoms with Gasteiger partial charge < -0.3 is 9.32 Å². The molecule has 1 heterocycles. The molecule has 2 nitrogen and oxygen atoms in total. The number of nitrogens with zero attached hydrogens (tertiary/aromatic N) is 1. The molecular weight excluding hydrogens is 655 g/mol. The molecule has 4 saturated carbocycles. The van der Waals surface area contributed by atoms with Gasteiger partial charge in [-0.25, -0.2) is 0 Å². The average Bonchev–Trinajstić information content (AvgIpc) is 3.75. The molecule has 6 aromatic carbocycles. The molecule has 6 aliphatic rings. The Morgan fingerprint density at radius 1 is 0.519 bits per heavy atom. The second-order valence-electron chi connectivity index (χ2n) is 18.4. The summed E-state index contributed by atoms with van der Waals surface area (Å²) in [5, 5.41) is 2.40. The minimum absolute atomic E-state index is 0.0958. The van der Waals surface area contributed by atoms with Crippen LogP contribution < -0.4 is 4.90 Å². The molecule has 0 aliphatic heterocycles. The highest BCUT2D eigenvalue weighted by Gasteiger charge is 2.61. The van der Waals surface area contributed by atoms with Gasteiger partial charge in [0.15, 0.2) is 5.58 Å². The van der Waals surface area contributed by atoms with E-state index in [4.69, 9.17) is 4.42 Å². The van der Waals surface area contributed by atoms with E-state index in [0.717, 1.165) is 28.7 Å². The first kappa shape index (κ1) is 31.3. The zero-order chi connectivity index (χ0) is 36.2. The largest absolute Gasteiger partial charge is 0.454 e. The Morgan fingerprint density at radius 3 is 1.74 bits per heavy atom. The molecule has 6 aliphatic carbocycles. The van der Waals surface area contributed by atoms with Crippen molar-refractivity contribution in [2.75, 3.05) is 4.90 Å². The summed E-state index contributed by atoms with van der Waals surface area (Å²) in [4.78, 5) is 2.55. The van der Waals surface area contributed by atoms with E-state index in [1.165, 1.54) is 104 Å². The lowest BCUT2D eigenvalue weighted by atomic mass is 9.43. The fourth-order valence-corrected chi connectivity index (χ4v) is 13.2. The van der Waals surface area contributed by atoms with Crippen molar-refractivity contribution in [1.82, 2.24) is 0 Å². The quantitative estimate of drug-likeness (QED) is 0.182. The number of anilines is 3.